The van der Waals surface area contributed by atoms with Crippen molar-refractivity contribution < 1.29 is 29.0 Å². The van der Waals surface area contributed by atoms with Gasteiger partial charge in [0, 0.05) is 74.9 Å². The van der Waals surface area contributed by atoms with Crippen molar-refractivity contribution in [1.29, 1.82) is 5.26 Å². The first kappa shape index (κ1) is 43.5. The molecule has 1 atom stereocenters. The van der Waals surface area contributed by atoms with Gasteiger partial charge in [0.1, 0.15) is 40.6 Å². The second kappa shape index (κ2) is 18.1. The maximum absolute atomic E-state index is 15.3. The van der Waals surface area contributed by atoms with Crippen LogP contribution in [0.15, 0.2) is 85.6 Å². The highest BCUT2D eigenvalue weighted by molar-refractivity contribution is 6.01. The quantitative estimate of drug-likeness (QED) is 0.124. The summed E-state index contributed by atoms with van der Waals surface area (Å²) < 4.78 is 18.9. The minimum atomic E-state index is -1.20. The van der Waals surface area contributed by atoms with Crippen molar-refractivity contribution in [3.8, 4) is 34.3 Å². The number of carbonyl (C=O) groups excluding carboxylic acids is 3. The monoisotopic (exact) mass is 906 g/mol. The summed E-state index contributed by atoms with van der Waals surface area (Å²) in [6, 6.07) is 17.9. The molecule has 1 unspecified atom stereocenters. The SMILES string of the molecule is N#Cc1cnn2cc(-c3cnn(C4CCN(C(=O)CC5(O)CCN(c6ccc(NC7CCC(=O)NC7=O)cc6F)CC5)CC4)c3)nc(-c3ccc(N4CCC(c5cccc(O)c5)CC4)nc3)c12. The van der Waals surface area contributed by atoms with Gasteiger partial charge in [-0.25, -0.2) is 18.9 Å². The van der Waals surface area contributed by atoms with Crippen LogP contribution in [0.5, 0.6) is 5.75 Å². The van der Waals surface area contributed by atoms with Gasteiger partial charge < -0.3 is 30.2 Å². The first-order valence-electron chi connectivity index (χ1n) is 23.0. The van der Waals surface area contributed by atoms with Crippen LogP contribution in [-0.2, 0) is 14.4 Å². The van der Waals surface area contributed by atoms with Gasteiger partial charge in [0.25, 0.3) is 0 Å². The molecule has 0 saturated carbocycles. The number of aromatic hydroxyl groups is 1. The van der Waals surface area contributed by atoms with Crippen molar-refractivity contribution in [3.05, 3.63) is 103 Å². The number of rotatable bonds is 10. The van der Waals surface area contributed by atoms with Crippen molar-refractivity contribution in [2.75, 3.05) is 54.4 Å². The van der Waals surface area contributed by atoms with Crippen LogP contribution in [0.3, 0.4) is 0 Å². The number of nitrogens with zero attached hydrogens (tertiary/aromatic N) is 10. The minimum absolute atomic E-state index is 0.00934. The van der Waals surface area contributed by atoms with Gasteiger partial charge in [-0.05, 0) is 98.9 Å². The first-order valence-corrected chi connectivity index (χ1v) is 23.0. The average molecular weight is 907 g/mol. The molecule has 67 heavy (non-hydrogen) atoms. The lowest BCUT2D eigenvalue weighted by Crippen LogP contribution is -2.49. The number of nitriles is 1. The van der Waals surface area contributed by atoms with Gasteiger partial charge in [0.2, 0.25) is 17.7 Å². The van der Waals surface area contributed by atoms with E-state index in [2.05, 4.69) is 32.8 Å². The van der Waals surface area contributed by atoms with E-state index in [9.17, 15) is 29.9 Å². The van der Waals surface area contributed by atoms with Crippen LogP contribution < -0.4 is 20.4 Å². The number of fused-ring (bicyclic) bond motifs is 1. The van der Waals surface area contributed by atoms with E-state index in [0.29, 0.717) is 98.0 Å². The van der Waals surface area contributed by atoms with Gasteiger partial charge in [0.05, 0.1) is 53.7 Å². The number of phenols is 1. The predicted octanol–water partition coefficient (Wildman–Crippen LogP) is 5.56. The van der Waals surface area contributed by atoms with Crippen LogP contribution in [0.25, 0.3) is 28.0 Å². The lowest BCUT2D eigenvalue weighted by molar-refractivity contribution is -0.139. The van der Waals surface area contributed by atoms with Crippen LogP contribution >= 0.6 is 0 Å². The average Bonchev–Trinajstić information content (AvgIpc) is 4.01. The number of hydrogen-bond acceptors (Lipinski definition) is 13. The molecule has 18 heteroatoms. The van der Waals surface area contributed by atoms with E-state index in [1.54, 1.807) is 41.3 Å². The Bertz CT molecular complexity index is 2870. The zero-order chi connectivity index (χ0) is 46.2. The minimum Gasteiger partial charge on any atom is -0.508 e. The molecular weight excluding hydrogens is 856 g/mol. The number of nitrogens with one attached hydrogen (secondary N) is 2. The molecular formula is C49H51FN12O5. The molecule has 0 aliphatic carbocycles. The molecule has 0 radical (unpaired) electrons. The molecule has 4 fully saturated rings. The number of likely N-dealkylation sites (tertiary alicyclic amines) is 1. The Morgan fingerprint density at radius 1 is 0.896 bits per heavy atom. The highest BCUT2D eigenvalue weighted by Crippen LogP contribution is 2.36. The van der Waals surface area contributed by atoms with Crippen LogP contribution in [-0.4, -0.2) is 113 Å². The zero-order valence-corrected chi connectivity index (χ0v) is 36.9. The van der Waals surface area contributed by atoms with Crippen molar-refractivity contribution in [2.24, 2.45) is 0 Å². The van der Waals surface area contributed by atoms with E-state index >= 15 is 4.39 Å². The number of imide groups is 1. The molecule has 344 valence electrons. The number of hydrogen-bond donors (Lipinski definition) is 4. The Hall–Kier alpha value is -7.39. The van der Waals surface area contributed by atoms with E-state index in [-0.39, 0.29) is 36.4 Å². The first-order chi connectivity index (χ1) is 32.5. The maximum Gasteiger partial charge on any atom is 0.249 e. The highest BCUT2D eigenvalue weighted by Gasteiger charge is 2.37. The van der Waals surface area contributed by atoms with Gasteiger partial charge in [-0.15, -0.1) is 0 Å². The maximum atomic E-state index is 15.3. The van der Waals surface area contributed by atoms with Crippen LogP contribution in [0, 0.1) is 17.1 Å². The Morgan fingerprint density at radius 3 is 2.42 bits per heavy atom. The Labute approximate surface area is 385 Å². The van der Waals surface area contributed by atoms with E-state index in [4.69, 9.17) is 15.1 Å². The smallest absolute Gasteiger partial charge is 0.249 e. The molecule has 4 aromatic heterocycles. The van der Waals surface area contributed by atoms with Crippen LogP contribution in [0.1, 0.15) is 80.9 Å². The lowest BCUT2D eigenvalue weighted by atomic mass is 9.87. The molecule has 10 rings (SSSR count). The Kier molecular flexibility index (Phi) is 11.8. The number of phenolic OH excluding ortho intramolecular Hbond substituents is 1. The third kappa shape index (κ3) is 9.11. The van der Waals surface area contributed by atoms with Gasteiger partial charge in [0.15, 0.2) is 0 Å². The van der Waals surface area contributed by atoms with Crippen molar-refractivity contribution >= 4 is 40.4 Å². The molecule has 4 saturated heterocycles. The van der Waals surface area contributed by atoms with Gasteiger partial charge in [-0.3, -0.25) is 24.4 Å². The standard InChI is InChI=1S/C49H51FN12O5/c50-39-23-36(55-40-6-9-44(64)57-48(40)66)5-7-42(39)58-20-14-49(67,15-21-58)24-45(65)60-18-12-37(13-19-60)61-29-35(28-53-61)41-30-62-47(34(25-51)27-54-62)46(56-41)33-4-8-43(52-26-33)59-16-10-31(11-17-59)32-2-1-3-38(63)22-32/h1-5,7-8,22-23,26-31,37,40,55,63,67H,6,9-21,24H2,(H,57,64,66). The molecule has 3 amide bonds. The zero-order valence-electron chi connectivity index (χ0n) is 36.9. The molecule has 8 heterocycles. The van der Waals surface area contributed by atoms with Crippen LogP contribution in [0.2, 0.25) is 0 Å². The summed E-state index contributed by atoms with van der Waals surface area (Å²) in [5.74, 6) is 0.219. The third-order valence-corrected chi connectivity index (χ3v) is 13.9. The van der Waals surface area contributed by atoms with Crippen LogP contribution in [0.4, 0.5) is 21.6 Å². The summed E-state index contributed by atoms with van der Waals surface area (Å²) in [5, 5.41) is 46.0. The number of pyridine rings is 1. The third-order valence-electron chi connectivity index (χ3n) is 13.9. The second-order valence-electron chi connectivity index (χ2n) is 18.2. The molecule has 4 aliphatic heterocycles. The fourth-order valence-corrected chi connectivity index (χ4v) is 10.0. The predicted molar refractivity (Wildman–Crippen MR) is 247 cm³/mol. The molecule has 17 nitrogen and oxygen atoms in total. The van der Waals surface area contributed by atoms with Gasteiger partial charge in [-0.2, -0.15) is 15.5 Å². The number of aliphatic hydroxyl groups is 1. The summed E-state index contributed by atoms with van der Waals surface area (Å²) in [7, 11) is 0. The Balaban J connectivity index is 0.742. The molecule has 4 N–H and O–H groups in total. The van der Waals surface area contributed by atoms with Crippen molar-refractivity contribution in [2.45, 2.75) is 81.4 Å². The fraction of sp³-hybridized carbons (Fsp3) is 0.388. The largest absolute Gasteiger partial charge is 0.508 e. The number of benzene rings is 2. The number of aromatic nitrogens is 6. The number of amides is 3. The van der Waals surface area contributed by atoms with Crippen molar-refractivity contribution in [1.82, 2.24) is 39.6 Å². The number of anilines is 3. The highest BCUT2D eigenvalue weighted by atomic mass is 19.1. The van der Waals surface area contributed by atoms with E-state index < -0.39 is 23.4 Å². The fourth-order valence-electron chi connectivity index (χ4n) is 10.0. The van der Waals surface area contributed by atoms with Crippen molar-refractivity contribution in [3.63, 3.8) is 0 Å². The summed E-state index contributed by atoms with van der Waals surface area (Å²) >= 11 is 0. The molecule has 0 spiro atoms. The van der Waals surface area contributed by atoms with E-state index in [0.717, 1.165) is 48.4 Å². The molecule has 2 aromatic carbocycles. The summed E-state index contributed by atoms with van der Waals surface area (Å²) in [4.78, 5) is 53.0. The summed E-state index contributed by atoms with van der Waals surface area (Å²) in [5.41, 5.74) is 4.52. The van der Waals surface area contributed by atoms with Gasteiger partial charge >= 0.3 is 0 Å². The number of halogens is 1. The van der Waals surface area contributed by atoms with Gasteiger partial charge in [-0.1, -0.05) is 12.1 Å². The molecule has 4 aliphatic rings. The molecule has 6 aromatic rings. The number of piperidine rings is 4. The normalized spacial score (nSPS) is 19.4. The second-order valence-corrected chi connectivity index (χ2v) is 18.2. The lowest BCUT2D eigenvalue weighted by Gasteiger charge is -2.40. The Morgan fingerprint density at radius 2 is 1.70 bits per heavy atom. The van der Waals surface area contributed by atoms with E-state index in [1.807, 2.05) is 44.9 Å². The molecule has 0 bridgehead atoms. The summed E-state index contributed by atoms with van der Waals surface area (Å²) in [6.45, 7) is 3.46. The number of carbonyl (C=O) groups is 3. The topological polar surface area (TPSA) is 210 Å². The summed E-state index contributed by atoms with van der Waals surface area (Å²) in [6.07, 6.45) is 13.3. The van der Waals surface area contributed by atoms with E-state index in [1.165, 1.54) is 12.3 Å².